The van der Waals surface area contributed by atoms with Gasteiger partial charge >= 0.3 is 0 Å². The van der Waals surface area contributed by atoms with Crippen LogP contribution in [0.5, 0.6) is 0 Å². The van der Waals surface area contributed by atoms with Crippen molar-refractivity contribution >= 4 is 30.7 Å². The molecule has 0 spiro atoms. The number of nitrogens with zero attached hydrogens (tertiary/aromatic N) is 3. The van der Waals surface area contributed by atoms with Crippen molar-refractivity contribution in [3.63, 3.8) is 0 Å². The highest BCUT2D eigenvalue weighted by atomic mass is 35.5. The van der Waals surface area contributed by atoms with E-state index in [0.717, 1.165) is 25.2 Å². The number of rotatable bonds is 3. The number of hydrogen-bond donors (Lipinski definition) is 1. The Labute approximate surface area is 157 Å². The van der Waals surface area contributed by atoms with Gasteiger partial charge in [-0.1, -0.05) is 6.07 Å². The van der Waals surface area contributed by atoms with Gasteiger partial charge in [0, 0.05) is 44.1 Å². The summed E-state index contributed by atoms with van der Waals surface area (Å²) >= 11 is 0. The largest absolute Gasteiger partial charge is 0.332 e. The molecule has 0 radical (unpaired) electrons. The van der Waals surface area contributed by atoms with Gasteiger partial charge in [0.05, 0.1) is 12.6 Å². The third-order valence-corrected chi connectivity index (χ3v) is 5.09. The van der Waals surface area contributed by atoms with E-state index in [9.17, 15) is 4.79 Å². The smallest absolute Gasteiger partial charge is 0.237 e. The minimum Gasteiger partial charge on any atom is -0.332 e. The molecule has 2 aliphatic heterocycles. The van der Waals surface area contributed by atoms with Crippen molar-refractivity contribution in [2.45, 2.75) is 44.8 Å². The highest BCUT2D eigenvalue weighted by Gasteiger charge is 2.33. The number of carbonyl (C=O) groups is 1. The molecule has 2 aliphatic rings. The molecule has 3 rings (SSSR count). The topological polar surface area (TPSA) is 48.5 Å². The van der Waals surface area contributed by atoms with E-state index in [0.29, 0.717) is 18.6 Å². The quantitative estimate of drug-likeness (QED) is 0.881. The SMILES string of the molecule is CC1CCC(C)N1CC(=O)N1CCNCC1c1cccnc1.Cl.Cl. The van der Waals surface area contributed by atoms with Crippen molar-refractivity contribution in [2.75, 3.05) is 26.2 Å². The maximum Gasteiger partial charge on any atom is 0.237 e. The molecule has 7 heteroatoms. The molecular formula is C17H28Cl2N4O. The predicted octanol–water partition coefficient (Wildman–Crippen LogP) is 2.27. The van der Waals surface area contributed by atoms with E-state index in [-0.39, 0.29) is 36.8 Å². The van der Waals surface area contributed by atoms with Gasteiger partial charge in [0.15, 0.2) is 0 Å². The molecule has 136 valence electrons. The highest BCUT2D eigenvalue weighted by Crippen LogP contribution is 2.25. The average molecular weight is 375 g/mol. The lowest BCUT2D eigenvalue weighted by Crippen LogP contribution is -2.52. The maximum absolute atomic E-state index is 12.9. The van der Waals surface area contributed by atoms with Gasteiger partial charge < -0.3 is 10.2 Å². The van der Waals surface area contributed by atoms with E-state index in [1.54, 1.807) is 6.20 Å². The summed E-state index contributed by atoms with van der Waals surface area (Å²) < 4.78 is 0. The number of carbonyl (C=O) groups excluding carboxylic acids is 1. The van der Waals surface area contributed by atoms with Crippen LogP contribution in [-0.2, 0) is 4.79 Å². The summed E-state index contributed by atoms with van der Waals surface area (Å²) in [6, 6.07) is 5.13. The zero-order chi connectivity index (χ0) is 15.5. The molecule has 0 aromatic carbocycles. The molecule has 3 unspecified atom stereocenters. The Bertz CT molecular complexity index is 507. The number of hydrogen-bond acceptors (Lipinski definition) is 4. The second-order valence-electron chi connectivity index (χ2n) is 6.54. The monoisotopic (exact) mass is 374 g/mol. The molecular weight excluding hydrogens is 347 g/mol. The van der Waals surface area contributed by atoms with Crippen molar-refractivity contribution in [1.82, 2.24) is 20.1 Å². The Morgan fingerprint density at radius 1 is 1.29 bits per heavy atom. The summed E-state index contributed by atoms with van der Waals surface area (Å²) in [5, 5.41) is 3.39. The predicted molar refractivity (Wildman–Crippen MR) is 101 cm³/mol. The molecule has 0 bridgehead atoms. The minimum absolute atomic E-state index is 0. The number of halogens is 2. The number of likely N-dealkylation sites (tertiary alicyclic amines) is 1. The second kappa shape index (κ2) is 9.56. The Morgan fingerprint density at radius 3 is 2.62 bits per heavy atom. The summed E-state index contributed by atoms with van der Waals surface area (Å²) in [4.78, 5) is 21.5. The van der Waals surface area contributed by atoms with Crippen molar-refractivity contribution in [3.05, 3.63) is 30.1 Å². The van der Waals surface area contributed by atoms with Crippen molar-refractivity contribution in [3.8, 4) is 0 Å². The van der Waals surface area contributed by atoms with Gasteiger partial charge in [-0.05, 0) is 38.3 Å². The fourth-order valence-electron chi connectivity index (χ4n) is 3.68. The first-order valence-electron chi connectivity index (χ1n) is 8.32. The number of pyridine rings is 1. The highest BCUT2D eigenvalue weighted by molar-refractivity contribution is 5.85. The number of aromatic nitrogens is 1. The molecule has 0 saturated carbocycles. The van der Waals surface area contributed by atoms with Gasteiger partial charge in [0.1, 0.15) is 0 Å². The molecule has 24 heavy (non-hydrogen) atoms. The van der Waals surface area contributed by atoms with Crippen LogP contribution in [0.1, 0.15) is 38.3 Å². The maximum atomic E-state index is 12.9. The molecule has 0 aliphatic carbocycles. The van der Waals surface area contributed by atoms with Crippen LogP contribution in [0.15, 0.2) is 24.5 Å². The van der Waals surface area contributed by atoms with Crippen molar-refractivity contribution in [2.24, 2.45) is 0 Å². The summed E-state index contributed by atoms with van der Waals surface area (Å²) in [6.45, 7) is 7.45. The fourth-order valence-corrected chi connectivity index (χ4v) is 3.68. The van der Waals surface area contributed by atoms with Gasteiger partial charge in [0.2, 0.25) is 5.91 Å². The average Bonchev–Trinajstić information content (AvgIpc) is 2.87. The molecule has 1 aromatic rings. The van der Waals surface area contributed by atoms with Crippen LogP contribution in [-0.4, -0.2) is 59.0 Å². The van der Waals surface area contributed by atoms with E-state index in [4.69, 9.17) is 0 Å². The summed E-state index contributed by atoms with van der Waals surface area (Å²) in [5.74, 6) is 0.246. The van der Waals surface area contributed by atoms with Crippen LogP contribution in [0.3, 0.4) is 0 Å². The van der Waals surface area contributed by atoms with Gasteiger partial charge in [-0.25, -0.2) is 0 Å². The summed E-state index contributed by atoms with van der Waals surface area (Å²) in [5.41, 5.74) is 1.12. The van der Waals surface area contributed by atoms with Crippen molar-refractivity contribution in [1.29, 1.82) is 0 Å². The molecule has 2 saturated heterocycles. The van der Waals surface area contributed by atoms with Crippen LogP contribution in [0.25, 0.3) is 0 Å². The van der Waals surface area contributed by atoms with E-state index >= 15 is 0 Å². The van der Waals surface area contributed by atoms with E-state index in [1.165, 1.54) is 12.8 Å². The second-order valence-corrected chi connectivity index (χ2v) is 6.54. The number of nitrogens with one attached hydrogen (secondary N) is 1. The molecule has 1 amide bonds. The van der Waals surface area contributed by atoms with E-state index in [1.807, 2.05) is 17.2 Å². The van der Waals surface area contributed by atoms with E-state index < -0.39 is 0 Å². The van der Waals surface area contributed by atoms with E-state index in [2.05, 4.69) is 35.1 Å². The molecule has 5 nitrogen and oxygen atoms in total. The van der Waals surface area contributed by atoms with Gasteiger partial charge in [0.25, 0.3) is 0 Å². The first-order valence-corrected chi connectivity index (χ1v) is 8.32. The molecule has 1 N–H and O–H groups in total. The van der Waals surface area contributed by atoms with Crippen LogP contribution in [0.2, 0.25) is 0 Å². The van der Waals surface area contributed by atoms with Crippen molar-refractivity contribution < 1.29 is 4.79 Å². The zero-order valence-electron chi connectivity index (χ0n) is 14.4. The Hall–Kier alpha value is -0.880. The third-order valence-electron chi connectivity index (χ3n) is 5.09. The van der Waals surface area contributed by atoms with Gasteiger partial charge in [-0.15, -0.1) is 24.8 Å². The summed E-state index contributed by atoms with van der Waals surface area (Å²) in [6.07, 6.45) is 6.04. The Kier molecular flexibility index (Phi) is 8.43. The fraction of sp³-hybridized carbons (Fsp3) is 0.647. The molecule has 1 aromatic heterocycles. The van der Waals surface area contributed by atoms with Crippen LogP contribution in [0, 0.1) is 0 Å². The lowest BCUT2D eigenvalue weighted by molar-refractivity contribution is -0.136. The lowest BCUT2D eigenvalue weighted by atomic mass is 10.1. The zero-order valence-corrected chi connectivity index (χ0v) is 16.0. The molecule has 3 atom stereocenters. The van der Waals surface area contributed by atoms with Crippen LogP contribution >= 0.6 is 24.8 Å². The van der Waals surface area contributed by atoms with Crippen LogP contribution < -0.4 is 5.32 Å². The molecule has 2 fully saturated rings. The first kappa shape index (κ1) is 21.2. The minimum atomic E-state index is 0. The van der Waals surface area contributed by atoms with Crippen LogP contribution in [0.4, 0.5) is 0 Å². The Morgan fingerprint density at radius 2 is 2.00 bits per heavy atom. The first-order chi connectivity index (χ1) is 10.7. The van der Waals surface area contributed by atoms with Gasteiger partial charge in [-0.2, -0.15) is 0 Å². The summed E-state index contributed by atoms with van der Waals surface area (Å²) in [7, 11) is 0. The standard InChI is InChI=1S/C17H26N4O.2ClH/c1-13-5-6-14(2)21(13)12-17(22)20-9-8-19-11-16(20)15-4-3-7-18-10-15;;/h3-4,7,10,13-14,16,19H,5-6,8-9,11-12H2,1-2H3;2*1H. The third kappa shape index (κ3) is 4.60. The lowest BCUT2D eigenvalue weighted by Gasteiger charge is -2.38. The number of piperazine rings is 1. The Balaban J connectivity index is 0.00000144. The van der Waals surface area contributed by atoms with Gasteiger partial charge in [-0.3, -0.25) is 14.7 Å². The number of amides is 1. The normalized spacial score (nSPS) is 27.2. The molecule has 3 heterocycles.